The van der Waals surface area contributed by atoms with Gasteiger partial charge in [0.15, 0.2) is 0 Å². The van der Waals surface area contributed by atoms with Crippen LogP contribution in [0.15, 0.2) is 22.7 Å². The third-order valence-corrected chi connectivity index (χ3v) is 3.85. The van der Waals surface area contributed by atoms with Gasteiger partial charge >= 0.3 is 0 Å². The van der Waals surface area contributed by atoms with Crippen LogP contribution in [-0.2, 0) is 10.0 Å². The van der Waals surface area contributed by atoms with Crippen molar-refractivity contribution < 1.29 is 18.1 Å². The minimum Gasteiger partial charge on any atom is -0.352 e. The first-order chi connectivity index (χ1) is 9.20. The second kappa shape index (κ2) is 6.77. The Morgan fingerprint density at radius 3 is 2.65 bits per heavy atom. The van der Waals surface area contributed by atoms with E-state index in [1.165, 1.54) is 12.1 Å². The first-order valence-electron chi connectivity index (χ1n) is 5.43. The van der Waals surface area contributed by atoms with Crippen molar-refractivity contribution in [2.75, 3.05) is 12.3 Å². The molecule has 0 aliphatic heterocycles. The molecule has 20 heavy (non-hydrogen) atoms. The average molecular weight is 366 g/mol. The van der Waals surface area contributed by atoms with Gasteiger partial charge in [0, 0.05) is 23.2 Å². The molecule has 0 unspecified atom stereocenters. The lowest BCUT2D eigenvalue weighted by molar-refractivity contribution is -0.384. The van der Waals surface area contributed by atoms with Gasteiger partial charge in [-0.25, -0.2) is 13.6 Å². The molecule has 0 aromatic heterocycles. The number of halogens is 1. The summed E-state index contributed by atoms with van der Waals surface area (Å²) in [6, 6.07) is 3.80. The van der Waals surface area contributed by atoms with Gasteiger partial charge in [-0.2, -0.15) is 0 Å². The summed E-state index contributed by atoms with van der Waals surface area (Å²) < 4.78 is 21.8. The predicted octanol–water partition coefficient (Wildman–Crippen LogP) is 0.766. The molecule has 0 aliphatic carbocycles. The van der Waals surface area contributed by atoms with E-state index in [0.717, 1.165) is 6.07 Å². The smallest absolute Gasteiger partial charge is 0.270 e. The number of rotatable bonds is 6. The summed E-state index contributed by atoms with van der Waals surface area (Å²) in [4.78, 5) is 21.8. The molecular formula is C10H12BrN3O5S. The number of amides is 1. The minimum absolute atomic E-state index is 0.102. The normalized spacial score (nSPS) is 11.1. The summed E-state index contributed by atoms with van der Waals surface area (Å²) in [6.07, 6.45) is 0.164. The van der Waals surface area contributed by atoms with Gasteiger partial charge in [0.25, 0.3) is 11.6 Å². The maximum Gasteiger partial charge on any atom is 0.270 e. The predicted molar refractivity (Wildman–Crippen MR) is 75.7 cm³/mol. The van der Waals surface area contributed by atoms with E-state index in [9.17, 15) is 23.3 Å². The van der Waals surface area contributed by atoms with E-state index in [1.807, 2.05) is 0 Å². The number of hydrogen-bond acceptors (Lipinski definition) is 5. The Balaban J connectivity index is 2.68. The first-order valence-corrected chi connectivity index (χ1v) is 7.94. The van der Waals surface area contributed by atoms with Crippen molar-refractivity contribution in [2.24, 2.45) is 5.14 Å². The van der Waals surface area contributed by atoms with Gasteiger partial charge < -0.3 is 5.32 Å². The zero-order chi connectivity index (χ0) is 15.3. The quantitative estimate of drug-likeness (QED) is 0.436. The fraction of sp³-hybridized carbons (Fsp3) is 0.300. The third-order valence-electron chi connectivity index (χ3n) is 2.30. The number of primary sulfonamides is 1. The molecule has 1 aromatic rings. The monoisotopic (exact) mass is 365 g/mol. The van der Waals surface area contributed by atoms with Crippen LogP contribution in [0.2, 0.25) is 0 Å². The molecule has 0 heterocycles. The van der Waals surface area contributed by atoms with Crippen molar-refractivity contribution in [1.29, 1.82) is 0 Å². The SMILES string of the molecule is NS(=O)(=O)CCCNC(=O)c1cc([N+](=O)[O-])ccc1Br. The van der Waals surface area contributed by atoms with Crippen LogP contribution in [0.3, 0.4) is 0 Å². The molecule has 0 bridgehead atoms. The van der Waals surface area contributed by atoms with E-state index in [2.05, 4.69) is 21.2 Å². The van der Waals surface area contributed by atoms with Gasteiger partial charge in [-0.1, -0.05) is 0 Å². The molecule has 0 aliphatic rings. The second-order valence-electron chi connectivity index (χ2n) is 3.90. The van der Waals surface area contributed by atoms with E-state index in [1.54, 1.807) is 0 Å². The Labute approximate surface area is 123 Å². The molecule has 0 atom stereocenters. The van der Waals surface area contributed by atoms with Gasteiger partial charge in [0.1, 0.15) is 0 Å². The number of carbonyl (C=O) groups excluding carboxylic acids is 1. The van der Waals surface area contributed by atoms with E-state index in [0.29, 0.717) is 4.47 Å². The maximum atomic E-state index is 11.8. The Morgan fingerprint density at radius 1 is 1.45 bits per heavy atom. The van der Waals surface area contributed by atoms with Crippen LogP contribution in [-0.4, -0.2) is 31.5 Å². The molecule has 1 rings (SSSR count). The summed E-state index contributed by atoms with van der Waals surface area (Å²) in [6.45, 7) is 0.102. The van der Waals surface area contributed by atoms with Crippen molar-refractivity contribution in [3.63, 3.8) is 0 Å². The van der Waals surface area contributed by atoms with Crippen molar-refractivity contribution in [2.45, 2.75) is 6.42 Å². The molecule has 10 heteroatoms. The lowest BCUT2D eigenvalue weighted by Gasteiger charge is -2.06. The number of nitro benzene ring substituents is 1. The molecular weight excluding hydrogens is 354 g/mol. The molecule has 0 radical (unpaired) electrons. The summed E-state index contributed by atoms with van der Waals surface area (Å²) in [7, 11) is -3.56. The Morgan fingerprint density at radius 2 is 2.10 bits per heavy atom. The van der Waals surface area contributed by atoms with E-state index in [4.69, 9.17) is 5.14 Å². The van der Waals surface area contributed by atoms with Crippen molar-refractivity contribution >= 4 is 37.5 Å². The Kier molecular flexibility index (Phi) is 5.60. The van der Waals surface area contributed by atoms with E-state index >= 15 is 0 Å². The third kappa shape index (κ3) is 5.23. The lowest BCUT2D eigenvalue weighted by atomic mass is 10.2. The molecule has 1 aromatic carbocycles. The van der Waals surface area contributed by atoms with Crippen LogP contribution in [0.4, 0.5) is 5.69 Å². The second-order valence-corrected chi connectivity index (χ2v) is 6.49. The average Bonchev–Trinajstić information content (AvgIpc) is 2.33. The molecule has 1 amide bonds. The molecule has 110 valence electrons. The zero-order valence-corrected chi connectivity index (χ0v) is 12.6. The van der Waals surface area contributed by atoms with Crippen molar-refractivity contribution in [1.82, 2.24) is 5.32 Å². The highest BCUT2D eigenvalue weighted by Gasteiger charge is 2.15. The number of non-ortho nitro benzene ring substituents is 1. The number of nitro groups is 1. The molecule has 3 N–H and O–H groups in total. The summed E-state index contributed by atoms with van der Waals surface area (Å²) >= 11 is 3.12. The summed E-state index contributed by atoms with van der Waals surface area (Å²) in [5, 5.41) is 17.9. The van der Waals surface area contributed by atoms with Gasteiger partial charge in [0.05, 0.1) is 16.2 Å². The Hall–Kier alpha value is -1.52. The highest BCUT2D eigenvalue weighted by Crippen LogP contribution is 2.22. The van der Waals surface area contributed by atoms with Crippen LogP contribution < -0.4 is 10.5 Å². The number of nitrogens with zero attached hydrogens (tertiary/aromatic N) is 1. The summed E-state index contributed by atoms with van der Waals surface area (Å²) in [5.41, 5.74) is -0.0994. The van der Waals surface area contributed by atoms with Crippen LogP contribution in [0.1, 0.15) is 16.8 Å². The van der Waals surface area contributed by atoms with Gasteiger partial charge in [-0.3, -0.25) is 14.9 Å². The summed E-state index contributed by atoms with van der Waals surface area (Å²) in [5.74, 6) is -0.779. The molecule has 8 nitrogen and oxygen atoms in total. The fourth-order valence-corrected chi connectivity index (χ4v) is 2.34. The van der Waals surface area contributed by atoms with Crippen LogP contribution in [0.25, 0.3) is 0 Å². The standard InChI is InChI=1S/C10H12BrN3O5S/c11-9-3-2-7(14(16)17)6-8(9)10(15)13-4-1-5-20(12,18)19/h2-3,6H,1,4-5H2,(H,13,15)(H2,12,18,19). The molecule has 0 spiro atoms. The minimum atomic E-state index is -3.56. The van der Waals surface area contributed by atoms with Gasteiger partial charge in [0.2, 0.25) is 10.0 Å². The number of benzene rings is 1. The Bertz CT molecular complexity index is 632. The zero-order valence-electron chi connectivity index (χ0n) is 10.2. The van der Waals surface area contributed by atoms with Crippen LogP contribution in [0.5, 0.6) is 0 Å². The highest BCUT2D eigenvalue weighted by atomic mass is 79.9. The van der Waals surface area contributed by atoms with Crippen LogP contribution in [0, 0.1) is 10.1 Å². The van der Waals surface area contributed by atoms with Gasteiger partial charge in [-0.15, -0.1) is 0 Å². The number of nitrogens with two attached hydrogens (primary N) is 1. The number of sulfonamides is 1. The van der Waals surface area contributed by atoms with E-state index < -0.39 is 20.9 Å². The number of nitrogens with one attached hydrogen (secondary N) is 1. The van der Waals surface area contributed by atoms with Crippen molar-refractivity contribution in [3.05, 3.63) is 38.3 Å². The highest BCUT2D eigenvalue weighted by molar-refractivity contribution is 9.10. The maximum absolute atomic E-state index is 11.8. The number of hydrogen-bond donors (Lipinski definition) is 2. The number of carbonyl (C=O) groups is 1. The van der Waals surface area contributed by atoms with E-state index in [-0.39, 0.29) is 30.0 Å². The topological polar surface area (TPSA) is 132 Å². The van der Waals surface area contributed by atoms with Crippen LogP contribution >= 0.6 is 15.9 Å². The fourth-order valence-electron chi connectivity index (χ4n) is 1.37. The lowest BCUT2D eigenvalue weighted by Crippen LogP contribution is -2.27. The first kappa shape index (κ1) is 16.5. The molecule has 0 saturated carbocycles. The largest absolute Gasteiger partial charge is 0.352 e. The van der Waals surface area contributed by atoms with Crippen molar-refractivity contribution in [3.8, 4) is 0 Å². The van der Waals surface area contributed by atoms with Gasteiger partial charge in [-0.05, 0) is 28.4 Å². The molecule has 0 saturated heterocycles. The molecule has 0 fully saturated rings.